The molecule has 0 unspecified atom stereocenters. The van der Waals surface area contributed by atoms with Crippen LogP contribution in [0.5, 0.6) is 0 Å². The van der Waals surface area contributed by atoms with Crippen molar-refractivity contribution in [1.82, 2.24) is 14.8 Å². The van der Waals surface area contributed by atoms with Gasteiger partial charge in [0.25, 0.3) is 5.91 Å². The molecule has 5 nitrogen and oxygen atoms in total. The molecule has 0 saturated carbocycles. The minimum atomic E-state index is -0.197. The van der Waals surface area contributed by atoms with E-state index in [9.17, 15) is 9.59 Å². The Kier molecular flexibility index (Phi) is 4.57. The van der Waals surface area contributed by atoms with E-state index >= 15 is 0 Å². The molecule has 2 amide bonds. The molecule has 25 heavy (non-hydrogen) atoms. The van der Waals surface area contributed by atoms with Gasteiger partial charge in [-0.3, -0.25) is 9.59 Å². The fraction of sp³-hybridized carbons (Fsp3) is 0.200. The summed E-state index contributed by atoms with van der Waals surface area (Å²) < 4.78 is 2.03. The van der Waals surface area contributed by atoms with Crippen LogP contribution in [-0.2, 0) is 11.8 Å². The summed E-state index contributed by atoms with van der Waals surface area (Å²) in [5.74, 6) is -0.364. The number of fused-ring (bicyclic) bond motifs is 1. The second-order valence-electron chi connectivity index (χ2n) is 6.00. The highest BCUT2D eigenvalue weighted by Gasteiger charge is 2.25. The number of para-hydroxylation sites is 1. The molecule has 0 aliphatic carbocycles. The van der Waals surface area contributed by atoms with Crippen molar-refractivity contribution in [2.75, 3.05) is 20.6 Å². The molecule has 1 heterocycles. The molecule has 5 heteroatoms. The highest BCUT2D eigenvalue weighted by Crippen LogP contribution is 2.33. The molecule has 0 radical (unpaired) electrons. The first-order chi connectivity index (χ1) is 12.0. The van der Waals surface area contributed by atoms with Crippen LogP contribution in [0.3, 0.4) is 0 Å². The maximum Gasteiger partial charge on any atom is 0.256 e. The van der Waals surface area contributed by atoms with Gasteiger partial charge in [0.15, 0.2) is 0 Å². The predicted molar refractivity (Wildman–Crippen MR) is 99.4 cm³/mol. The number of likely N-dealkylation sites (N-methyl/N-ethyl adjacent to an activating group) is 2. The van der Waals surface area contributed by atoms with Crippen LogP contribution in [0.15, 0.2) is 54.6 Å². The number of hydrogen-bond acceptors (Lipinski definition) is 2. The van der Waals surface area contributed by atoms with E-state index in [1.54, 1.807) is 14.1 Å². The summed E-state index contributed by atoms with van der Waals surface area (Å²) in [6.45, 7) is 0.0206. The molecule has 3 aromatic rings. The number of nitrogens with zero attached hydrogens (tertiary/aromatic N) is 2. The maximum absolute atomic E-state index is 13.2. The van der Waals surface area contributed by atoms with Crippen molar-refractivity contribution in [2.45, 2.75) is 0 Å². The monoisotopic (exact) mass is 335 g/mol. The molecular weight excluding hydrogens is 314 g/mol. The fourth-order valence-electron chi connectivity index (χ4n) is 3.10. The van der Waals surface area contributed by atoms with Gasteiger partial charge >= 0.3 is 0 Å². The van der Waals surface area contributed by atoms with E-state index in [4.69, 9.17) is 0 Å². The number of benzene rings is 2. The molecule has 0 atom stereocenters. The Morgan fingerprint density at radius 2 is 1.68 bits per heavy atom. The van der Waals surface area contributed by atoms with E-state index in [1.165, 1.54) is 4.90 Å². The summed E-state index contributed by atoms with van der Waals surface area (Å²) in [5, 5.41) is 3.44. The lowest BCUT2D eigenvalue weighted by molar-refractivity contribution is -0.121. The van der Waals surface area contributed by atoms with E-state index in [-0.39, 0.29) is 18.4 Å². The van der Waals surface area contributed by atoms with E-state index in [0.29, 0.717) is 5.56 Å². The summed E-state index contributed by atoms with van der Waals surface area (Å²) in [7, 11) is 5.17. The third kappa shape index (κ3) is 3.01. The molecule has 0 aliphatic rings. The SMILES string of the molecule is CNC(=O)CN(C)C(=O)c1c(-c2ccccc2)n(C)c2ccccc12. The van der Waals surface area contributed by atoms with Crippen LogP contribution in [0.2, 0.25) is 0 Å². The summed E-state index contributed by atoms with van der Waals surface area (Å²) in [6, 6.07) is 17.7. The molecule has 3 rings (SSSR count). The number of aromatic nitrogens is 1. The van der Waals surface area contributed by atoms with Crippen molar-refractivity contribution in [2.24, 2.45) is 7.05 Å². The van der Waals surface area contributed by atoms with Crippen LogP contribution >= 0.6 is 0 Å². The highest BCUT2D eigenvalue weighted by atomic mass is 16.2. The first-order valence-electron chi connectivity index (χ1n) is 8.13. The third-order valence-corrected chi connectivity index (χ3v) is 4.37. The Morgan fingerprint density at radius 1 is 1.04 bits per heavy atom. The first-order valence-corrected chi connectivity index (χ1v) is 8.13. The van der Waals surface area contributed by atoms with E-state index in [0.717, 1.165) is 22.2 Å². The number of aryl methyl sites for hydroxylation is 1. The van der Waals surface area contributed by atoms with Gasteiger partial charge in [-0.25, -0.2) is 0 Å². The second-order valence-corrected chi connectivity index (χ2v) is 6.00. The number of hydrogen-bond donors (Lipinski definition) is 1. The molecule has 1 aromatic heterocycles. The van der Waals surface area contributed by atoms with Crippen LogP contribution in [0.25, 0.3) is 22.2 Å². The maximum atomic E-state index is 13.2. The van der Waals surface area contributed by atoms with Crippen LogP contribution in [-0.4, -0.2) is 41.9 Å². The van der Waals surface area contributed by atoms with Crippen molar-refractivity contribution < 1.29 is 9.59 Å². The van der Waals surface area contributed by atoms with Crippen LogP contribution in [0.4, 0.5) is 0 Å². The molecule has 0 spiro atoms. The van der Waals surface area contributed by atoms with Gasteiger partial charge in [-0.05, 0) is 11.6 Å². The first kappa shape index (κ1) is 16.8. The molecule has 0 fully saturated rings. The largest absolute Gasteiger partial charge is 0.358 e. The zero-order chi connectivity index (χ0) is 18.0. The lowest BCUT2D eigenvalue weighted by Crippen LogP contribution is -2.37. The highest BCUT2D eigenvalue weighted by molar-refractivity contribution is 6.13. The zero-order valence-corrected chi connectivity index (χ0v) is 14.6. The average molecular weight is 335 g/mol. The summed E-state index contributed by atoms with van der Waals surface area (Å²) >= 11 is 0. The third-order valence-electron chi connectivity index (χ3n) is 4.37. The lowest BCUT2D eigenvalue weighted by atomic mass is 10.0. The number of nitrogens with one attached hydrogen (secondary N) is 1. The van der Waals surface area contributed by atoms with Crippen molar-refractivity contribution in [1.29, 1.82) is 0 Å². The lowest BCUT2D eigenvalue weighted by Gasteiger charge is -2.17. The van der Waals surface area contributed by atoms with E-state index in [2.05, 4.69) is 5.32 Å². The standard InChI is InChI=1S/C20H21N3O2/c1-21-17(24)13-22(2)20(25)18-15-11-7-8-12-16(15)23(3)19(18)14-9-5-4-6-10-14/h4-12H,13H2,1-3H3,(H,21,24). The van der Waals surface area contributed by atoms with Gasteiger partial charge in [0, 0.05) is 32.0 Å². The summed E-state index contributed by atoms with van der Waals surface area (Å²) in [5.41, 5.74) is 3.43. The predicted octanol–water partition coefficient (Wildman–Crippen LogP) is 2.66. The van der Waals surface area contributed by atoms with Gasteiger partial charge < -0.3 is 14.8 Å². The number of amides is 2. The van der Waals surface area contributed by atoms with Gasteiger partial charge in [-0.2, -0.15) is 0 Å². The molecule has 2 aromatic carbocycles. The molecule has 128 valence electrons. The Morgan fingerprint density at radius 3 is 2.36 bits per heavy atom. The van der Waals surface area contributed by atoms with Crippen molar-refractivity contribution in [3.63, 3.8) is 0 Å². The molecule has 1 N–H and O–H groups in total. The van der Waals surface area contributed by atoms with Crippen molar-refractivity contribution in [3.8, 4) is 11.3 Å². The quantitative estimate of drug-likeness (QED) is 0.797. The Bertz CT molecular complexity index is 929. The summed E-state index contributed by atoms with van der Waals surface area (Å²) in [6.07, 6.45) is 0. The van der Waals surface area contributed by atoms with E-state index < -0.39 is 0 Å². The topological polar surface area (TPSA) is 54.3 Å². The van der Waals surface area contributed by atoms with Crippen molar-refractivity contribution in [3.05, 3.63) is 60.2 Å². The molecule has 0 bridgehead atoms. The van der Waals surface area contributed by atoms with Gasteiger partial charge in [0.05, 0.1) is 17.8 Å². The number of rotatable bonds is 4. The van der Waals surface area contributed by atoms with Crippen LogP contribution < -0.4 is 5.32 Å². The van der Waals surface area contributed by atoms with Crippen molar-refractivity contribution >= 4 is 22.7 Å². The Balaban J connectivity index is 2.19. The molecular formula is C20H21N3O2. The Labute approximate surface area is 146 Å². The second kappa shape index (κ2) is 6.81. The van der Waals surface area contributed by atoms with Gasteiger partial charge in [-0.15, -0.1) is 0 Å². The van der Waals surface area contributed by atoms with Gasteiger partial charge in [0.1, 0.15) is 0 Å². The number of carbonyl (C=O) groups is 2. The van der Waals surface area contributed by atoms with Crippen LogP contribution in [0.1, 0.15) is 10.4 Å². The molecule has 0 aliphatic heterocycles. The average Bonchev–Trinajstić information content (AvgIpc) is 2.94. The molecule has 0 saturated heterocycles. The van der Waals surface area contributed by atoms with Crippen LogP contribution in [0, 0.1) is 0 Å². The smallest absolute Gasteiger partial charge is 0.256 e. The summed E-state index contributed by atoms with van der Waals surface area (Å²) in [4.78, 5) is 26.3. The van der Waals surface area contributed by atoms with Gasteiger partial charge in [-0.1, -0.05) is 48.5 Å². The normalized spacial score (nSPS) is 10.7. The minimum Gasteiger partial charge on any atom is -0.358 e. The minimum absolute atomic E-state index is 0.0206. The van der Waals surface area contributed by atoms with E-state index in [1.807, 2.05) is 66.2 Å². The fourth-order valence-corrected chi connectivity index (χ4v) is 3.10. The Hall–Kier alpha value is -3.08. The van der Waals surface area contributed by atoms with Gasteiger partial charge in [0.2, 0.25) is 5.91 Å². The zero-order valence-electron chi connectivity index (χ0n) is 14.6. The number of carbonyl (C=O) groups excluding carboxylic acids is 2.